The van der Waals surface area contributed by atoms with Gasteiger partial charge in [0, 0.05) is 19.6 Å². The van der Waals surface area contributed by atoms with Gasteiger partial charge < -0.3 is 15.0 Å². The van der Waals surface area contributed by atoms with Gasteiger partial charge in [0.1, 0.15) is 5.75 Å². The second-order valence-electron chi connectivity index (χ2n) is 5.35. The lowest BCUT2D eigenvalue weighted by Crippen LogP contribution is -2.33. The summed E-state index contributed by atoms with van der Waals surface area (Å²) in [5.41, 5.74) is 1.18. The van der Waals surface area contributed by atoms with Gasteiger partial charge in [-0.05, 0) is 43.5 Å². The fourth-order valence-corrected chi connectivity index (χ4v) is 2.07. The molecule has 1 amide bonds. The van der Waals surface area contributed by atoms with Crippen molar-refractivity contribution in [3.05, 3.63) is 29.8 Å². The molecule has 20 heavy (non-hydrogen) atoms. The summed E-state index contributed by atoms with van der Waals surface area (Å²) in [5.74, 6) is 0.820. The Morgan fingerprint density at radius 2 is 2.25 bits per heavy atom. The zero-order chi connectivity index (χ0) is 14.4. The molecule has 1 saturated carbocycles. The number of nitrogens with zero attached hydrogens (tertiary/aromatic N) is 1. The Morgan fingerprint density at radius 1 is 1.45 bits per heavy atom. The standard InChI is InChI=1S/C16H24N2O2/c1-3-9-17-11-13-5-4-6-15(10-13)20-12-16(19)18(2)14-7-8-14/h4-6,10,14,17H,3,7-9,11-12H2,1-2H3. The molecule has 110 valence electrons. The molecule has 0 bridgehead atoms. The molecule has 2 rings (SSSR count). The fourth-order valence-electron chi connectivity index (χ4n) is 2.07. The number of carbonyl (C=O) groups excluding carboxylic acids is 1. The second-order valence-corrected chi connectivity index (χ2v) is 5.35. The Labute approximate surface area is 121 Å². The lowest BCUT2D eigenvalue weighted by molar-refractivity contribution is -0.132. The molecule has 1 N–H and O–H groups in total. The zero-order valence-electron chi connectivity index (χ0n) is 12.4. The van der Waals surface area contributed by atoms with Gasteiger partial charge in [-0.2, -0.15) is 0 Å². The van der Waals surface area contributed by atoms with Gasteiger partial charge in [0.15, 0.2) is 6.61 Å². The maximum atomic E-state index is 11.9. The Kier molecular flexibility index (Phi) is 5.41. The van der Waals surface area contributed by atoms with Gasteiger partial charge in [0.2, 0.25) is 0 Å². The molecule has 0 radical (unpaired) electrons. The number of benzene rings is 1. The van der Waals surface area contributed by atoms with Crippen LogP contribution in [0.4, 0.5) is 0 Å². The van der Waals surface area contributed by atoms with E-state index in [4.69, 9.17) is 4.74 Å². The molecule has 4 heteroatoms. The van der Waals surface area contributed by atoms with Gasteiger partial charge in [-0.25, -0.2) is 0 Å². The van der Waals surface area contributed by atoms with Gasteiger partial charge in [0.25, 0.3) is 5.91 Å². The third-order valence-electron chi connectivity index (χ3n) is 3.50. The third kappa shape index (κ3) is 4.53. The van der Waals surface area contributed by atoms with Crippen LogP contribution in [0.1, 0.15) is 31.7 Å². The molecule has 0 heterocycles. The molecule has 1 aliphatic rings. The van der Waals surface area contributed by atoms with E-state index < -0.39 is 0 Å². The summed E-state index contributed by atoms with van der Waals surface area (Å²) in [4.78, 5) is 13.7. The van der Waals surface area contributed by atoms with Crippen molar-refractivity contribution in [3.63, 3.8) is 0 Å². The quantitative estimate of drug-likeness (QED) is 0.740. The Bertz CT molecular complexity index is 444. The van der Waals surface area contributed by atoms with Crippen LogP contribution in [-0.4, -0.2) is 37.0 Å². The van der Waals surface area contributed by atoms with Crippen LogP contribution in [0.25, 0.3) is 0 Å². The van der Waals surface area contributed by atoms with E-state index in [2.05, 4.69) is 18.3 Å². The number of hydrogen-bond acceptors (Lipinski definition) is 3. The highest BCUT2D eigenvalue weighted by Gasteiger charge is 2.29. The van der Waals surface area contributed by atoms with Crippen molar-refractivity contribution in [2.45, 2.75) is 38.8 Å². The number of ether oxygens (including phenoxy) is 1. The summed E-state index contributed by atoms with van der Waals surface area (Å²) in [6, 6.07) is 8.36. The Morgan fingerprint density at radius 3 is 2.95 bits per heavy atom. The summed E-state index contributed by atoms with van der Waals surface area (Å²) < 4.78 is 5.59. The lowest BCUT2D eigenvalue weighted by Gasteiger charge is -2.16. The SMILES string of the molecule is CCCNCc1cccc(OCC(=O)N(C)C2CC2)c1. The summed E-state index contributed by atoms with van der Waals surface area (Å²) in [6.07, 6.45) is 3.37. The fraction of sp³-hybridized carbons (Fsp3) is 0.562. The largest absolute Gasteiger partial charge is 0.484 e. The van der Waals surface area contributed by atoms with Gasteiger partial charge in [0.05, 0.1) is 0 Å². The van der Waals surface area contributed by atoms with Crippen molar-refractivity contribution in [1.29, 1.82) is 0 Å². The summed E-state index contributed by atoms with van der Waals surface area (Å²) >= 11 is 0. The van der Waals surface area contributed by atoms with E-state index in [0.29, 0.717) is 6.04 Å². The molecule has 1 aliphatic carbocycles. The first kappa shape index (κ1) is 14.9. The Balaban J connectivity index is 1.79. The third-order valence-corrected chi connectivity index (χ3v) is 3.50. The van der Waals surface area contributed by atoms with Crippen molar-refractivity contribution in [3.8, 4) is 5.75 Å². The van der Waals surface area contributed by atoms with Crippen LogP contribution in [-0.2, 0) is 11.3 Å². The van der Waals surface area contributed by atoms with Crippen LogP contribution in [0.15, 0.2) is 24.3 Å². The second kappa shape index (κ2) is 7.29. The van der Waals surface area contributed by atoms with Gasteiger partial charge in [-0.3, -0.25) is 4.79 Å². The first-order valence-corrected chi connectivity index (χ1v) is 7.39. The predicted molar refractivity (Wildman–Crippen MR) is 79.7 cm³/mol. The van der Waals surface area contributed by atoms with Gasteiger partial charge in [-0.15, -0.1) is 0 Å². The number of amides is 1. The first-order valence-electron chi connectivity index (χ1n) is 7.39. The minimum Gasteiger partial charge on any atom is -0.484 e. The van der Waals surface area contributed by atoms with Crippen molar-refractivity contribution >= 4 is 5.91 Å². The highest BCUT2D eigenvalue weighted by Crippen LogP contribution is 2.25. The van der Waals surface area contributed by atoms with Crippen LogP contribution in [0.5, 0.6) is 5.75 Å². The number of rotatable bonds is 8. The topological polar surface area (TPSA) is 41.6 Å². The minimum absolute atomic E-state index is 0.0574. The van der Waals surface area contributed by atoms with E-state index in [1.807, 2.05) is 25.2 Å². The zero-order valence-corrected chi connectivity index (χ0v) is 12.4. The van der Waals surface area contributed by atoms with E-state index >= 15 is 0 Å². The minimum atomic E-state index is 0.0574. The summed E-state index contributed by atoms with van der Waals surface area (Å²) in [6.45, 7) is 4.12. The normalized spacial score (nSPS) is 14.1. The summed E-state index contributed by atoms with van der Waals surface area (Å²) in [5, 5.41) is 3.35. The number of carbonyl (C=O) groups is 1. The van der Waals surface area contributed by atoms with Crippen LogP contribution in [0.3, 0.4) is 0 Å². The van der Waals surface area contributed by atoms with Crippen LogP contribution in [0, 0.1) is 0 Å². The molecular formula is C16H24N2O2. The van der Waals surface area contributed by atoms with E-state index in [9.17, 15) is 4.79 Å². The predicted octanol–water partition coefficient (Wildman–Crippen LogP) is 2.19. The molecule has 0 atom stereocenters. The van der Waals surface area contributed by atoms with Gasteiger partial charge >= 0.3 is 0 Å². The molecular weight excluding hydrogens is 252 g/mol. The maximum absolute atomic E-state index is 11.9. The van der Waals surface area contributed by atoms with E-state index in [1.54, 1.807) is 4.90 Å². The number of likely N-dealkylation sites (N-methyl/N-ethyl adjacent to an activating group) is 1. The molecule has 1 aromatic carbocycles. The molecule has 0 saturated heterocycles. The highest BCUT2D eigenvalue weighted by atomic mass is 16.5. The van der Waals surface area contributed by atoms with Crippen LogP contribution in [0.2, 0.25) is 0 Å². The molecule has 0 spiro atoms. The lowest BCUT2D eigenvalue weighted by atomic mass is 10.2. The average Bonchev–Trinajstić information content (AvgIpc) is 3.29. The first-order chi connectivity index (χ1) is 9.70. The molecule has 0 aliphatic heterocycles. The van der Waals surface area contributed by atoms with Crippen LogP contribution < -0.4 is 10.1 Å². The summed E-state index contributed by atoms with van der Waals surface area (Å²) in [7, 11) is 1.86. The van der Waals surface area contributed by atoms with Crippen LogP contribution >= 0.6 is 0 Å². The molecule has 1 fully saturated rings. The van der Waals surface area contributed by atoms with Crippen molar-refractivity contribution < 1.29 is 9.53 Å². The average molecular weight is 276 g/mol. The smallest absolute Gasteiger partial charge is 0.260 e. The number of nitrogens with one attached hydrogen (secondary N) is 1. The van der Waals surface area contributed by atoms with E-state index in [0.717, 1.165) is 38.1 Å². The monoisotopic (exact) mass is 276 g/mol. The van der Waals surface area contributed by atoms with Gasteiger partial charge in [-0.1, -0.05) is 19.1 Å². The maximum Gasteiger partial charge on any atom is 0.260 e. The molecule has 1 aromatic rings. The highest BCUT2D eigenvalue weighted by molar-refractivity contribution is 5.78. The molecule has 4 nitrogen and oxygen atoms in total. The van der Waals surface area contributed by atoms with E-state index in [-0.39, 0.29) is 12.5 Å². The number of hydrogen-bond donors (Lipinski definition) is 1. The van der Waals surface area contributed by atoms with Crippen molar-refractivity contribution in [2.75, 3.05) is 20.2 Å². The molecule has 0 unspecified atom stereocenters. The van der Waals surface area contributed by atoms with E-state index in [1.165, 1.54) is 5.56 Å². The van der Waals surface area contributed by atoms with Crippen molar-refractivity contribution in [2.24, 2.45) is 0 Å². The van der Waals surface area contributed by atoms with Crippen molar-refractivity contribution in [1.82, 2.24) is 10.2 Å². The Hall–Kier alpha value is -1.55. The molecule has 0 aromatic heterocycles.